The molecule has 0 fully saturated rings. The molecule has 1 aromatic carbocycles. The van der Waals surface area contributed by atoms with Gasteiger partial charge in [-0.15, -0.1) is 5.10 Å². The van der Waals surface area contributed by atoms with Crippen LogP contribution in [0.1, 0.15) is 56.2 Å². The number of aromatic nitrogens is 2. The molecule has 0 bridgehead atoms. The standard InChI is InChI=1S/C22H28N4O4/c1-14(2)20(28)26-18-12-24(21(29)30-22(4,5)6)11-17(18)19(23-26)25(13-27)16-9-7-15(3)8-10-16/h7-10,13-14H,11-12H2,1-6H3. The molecule has 2 heterocycles. The summed E-state index contributed by atoms with van der Waals surface area (Å²) in [4.78, 5) is 40.3. The van der Waals surface area contributed by atoms with Crippen LogP contribution >= 0.6 is 0 Å². The van der Waals surface area contributed by atoms with Crippen molar-refractivity contribution in [1.82, 2.24) is 14.7 Å². The molecular weight excluding hydrogens is 384 g/mol. The zero-order chi connectivity index (χ0) is 22.2. The first kappa shape index (κ1) is 21.5. The van der Waals surface area contributed by atoms with Crippen LogP contribution in [-0.4, -0.2) is 38.7 Å². The Bertz CT molecular complexity index is 970. The molecule has 0 unspecified atom stereocenters. The Hall–Kier alpha value is -3.16. The third kappa shape index (κ3) is 4.22. The van der Waals surface area contributed by atoms with Crippen LogP contribution in [0.5, 0.6) is 0 Å². The predicted molar refractivity (Wildman–Crippen MR) is 113 cm³/mol. The summed E-state index contributed by atoms with van der Waals surface area (Å²) in [7, 11) is 0. The van der Waals surface area contributed by atoms with Gasteiger partial charge >= 0.3 is 6.09 Å². The van der Waals surface area contributed by atoms with Crippen molar-refractivity contribution >= 4 is 29.9 Å². The van der Waals surface area contributed by atoms with E-state index in [0.29, 0.717) is 29.2 Å². The molecule has 0 atom stereocenters. The van der Waals surface area contributed by atoms with E-state index in [1.54, 1.807) is 34.6 Å². The number of fused-ring (bicyclic) bond motifs is 1. The Balaban J connectivity index is 2.03. The van der Waals surface area contributed by atoms with E-state index in [1.165, 1.54) is 14.5 Å². The van der Waals surface area contributed by atoms with Crippen LogP contribution in [0, 0.1) is 12.8 Å². The number of nitrogens with zero attached hydrogens (tertiary/aromatic N) is 4. The van der Waals surface area contributed by atoms with Gasteiger partial charge in [0, 0.05) is 11.5 Å². The van der Waals surface area contributed by atoms with E-state index < -0.39 is 11.7 Å². The first-order valence-electron chi connectivity index (χ1n) is 9.96. The summed E-state index contributed by atoms with van der Waals surface area (Å²) in [6.07, 6.45) is 0.203. The van der Waals surface area contributed by atoms with Crippen molar-refractivity contribution in [2.75, 3.05) is 4.90 Å². The molecular formula is C22H28N4O4. The molecule has 8 heteroatoms. The molecule has 0 radical (unpaired) electrons. The lowest BCUT2D eigenvalue weighted by atomic mass is 10.2. The van der Waals surface area contributed by atoms with Crippen molar-refractivity contribution < 1.29 is 19.1 Å². The average Bonchev–Trinajstić information content (AvgIpc) is 3.22. The summed E-state index contributed by atoms with van der Waals surface area (Å²) in [5, 5.41) is 4.47. The predicted octanol–water partition coefficient (Wildman–Crippen LogP) is 4.03. The number of aryl methyl sites for hydroxylation is 1. The number of carbonyl (C=O) groups is 3. The van der Waals surface area contributed by atoms with Gasteiger partial charge in [0.1, 0.15) is 5.60 Å². The van der Waals surface area contributed by atoms with E-state index in [-0.39, 0.29) is 24.9 Å². The second kappa shape index (κ2) is 7.93. The van der Waals surface area contributed by atoms with Crippen LogP contribution in [0.4, 0.5) is 16.3 Å². The summed E-state index contributed by atoms with van der Waals surface area (Å²) in [5.74, 6) is -0.135. The van der Waals surface area contributed by atoms with Gasteiger partial charge in [0.2, 0.25) is 12.3 Å². The number of amides is 2. The molecule has 2 aromatic rings. The molecule has 0 N–H and O–H groups in total. The van der Waals surface area contributed by atoms with Crippen LogP contribution in [-0.2, 0) is 22.6 Å². The maximum atomic E-state index is 12.8. The van der Waals surface area contributed by atoms with Crippen LogP contribution in [0.25, 0.3) is 0 Å². The van der Waals surface area contributed by atoms with Crippen molar-refractivity contribution in [1.29, 1.82) is 0 Å². The Morgan fingerprint density at radius 3 is 2.33 bits per heavy atom. The van der Waals surface area contributed by atoms with Crippen LogP contribution in [0.2, 0.25) is 0 Å². The van der Waals surface area contributed by atoms with Gasteiger partial charge in [-0.3, -0.25) is 19.4 Å². The second-order valence-corrected chi connectivity index (χ2v) is 8.80. The van der Waals surface area contributed by atoms with Crippen molar-refractivity contribution in [2.24, 2.45) is 5.92 Å². The van der Waals surface area contributed by atoms with Crippen molar-refractivity contribution in [3.8, 4) is 0 Å². The van der Waals surface area contributed by atoms with E-state index >= 15 is 0 Å². The Labute approximate surface area is 176 Å². The van der Waals surface area contributed by atoms with Gasteiger partial charge in [-0.25, -0.2) is 9.48 Å². The third-order valence-electron chi connectivity index (χ3n) is 4.76. The minimum atomic E-state index is -0.634. The van der Waals surface area contributed by atoms with Gasteiger partial charge in [-0.2, -0.15) is 0 Å². The van der Waals surface area contributed by atoms with Crippen molar-refractivity contribution in [3.63, 3.8) is 0 Å². The molecule has 3 rings (SSSR count). The van der Waals surface area contributed by atoms with Gasteiger partial charge in [0.05, 0.1) is 24.5 Å². The lowest BCUT2D eigenvalue weighted by molar-refractivity contribution is -0.106. The molecule has 1 aliphatic heterocycles. The number of hydrogen-bond donors (Lipinski definition) is 0. The van der Waals surface area contributed by atoms with E-state index in [1.807, 2.05) is 31.2 Å². The van der Waals surface area contributed by atoms with Gasteiger partial charge in [-0.1, -0.05) is 31.5 Å². The fraction of sp³-hybridized carbons (Fsp3) is 0.455. The molecule has 8 nitrogen and oxygen atoms in total. The molecule has 0 spiro atoms. The van der Waals surface area contributed by atoms with Crippen molar-refractivity contribution in [2.45, 2.75) is 60.2 Å². The molecule has 0 saturated heterocycles. The van der Waals surface area contributed by atoms with E-state index in [2.05, 4.69) is 5.10 Å². The number of anilines is 2. The first-order chi connectivity index (χ1) is 14.0. The van der Waals surface area contributed by atoms with Gasteiger partial charge in [-0.05, 0) is 39.8 Å². The minimum Gasteiger partial charge on any atom is -0.444 e. The smallest absolute Gasteiger partial charge is 0.410 e. The maximum absolute atomic E-state index is 12.8. The number of rotatable bonds is 4. The van der Waals surface area contributed by atoms with Crippen LogP contribution in [0.15, 0.2) is 24.3 Å². The van der Waals surface area contributed by atoms with Gasteiger partial charge in [0.25, 0.3) is 0 Å². The quantitative estimate of drug-likeness (QED) is 0.708. The maximum Gasteiger partial charge on any atom is 0.410 e. The van der Waals surface area contributed by atoms with Crippen LogP contribution < -0.4 is 4.90 Å². The highest BCUT2D eigenvalue weighted by Crippen LogP contribution is 2.35. The van der Waals surface area contributed by atoms with E-state index in [4.69, 9.17) is 4.74 Å². The summed E-state index contributed by atoms with van der Waals surface area (Å²) in [6, 6.07) is 7.44. The van der Waals surface area contributed by atoms with Gasteiger partial charge < -0.3 is 4.74 Å². The normalized spacial score (nSPS) is 13.4. The fourth-order valence-corrected chi connectivity index (χ4v) is 3.24. The molecule has 160 valence electrons. The topological polar surface area (TPSA) is 84.7 Å². The van der Waals surface area contributed by atoms with Gasteiger partial charge in [0.15, 0.2) is 5.82 Å². The summed E-state index contributed by atoms with van der Waals surface area (Å²) >= 11 is 0. The van der Waals surface area contributed by atoms with Crippen molar-refractivity contribution in [3.05, 3.63) is 41.1 Å². The zero-order valence-corrected chi connectivity index (χ0v) is 18.3. The molecule has 2 amide bonds. The largest absolute Gasteiger partial charge is 0.444 e. The first-order valence-corrected chi connectivity index (χ1v) is 9.96. The highest BCUT2D eigenvalue weighted by atomic mass is 16.6. The number of hydrogen-bond acceptors (Lipinski definition) is 5. The van der Waals surface area contributed by atoms with Crippen LogP contribution in [0.3, 0.4) is 0 Å². The zero-order valence-electron chi connectivity index (χ0n) is 18.3. The minimum absolute atomic E-state index is 0.191. The highest BCUT2D eigenvalue weighted by molar-refractivity contribution is 5.89. The average molecular weight is 412 g/mol. The highest BCUT2D eigenvalue weighted by Gasteiger charge is 2.36. The molecule has 0 saturated carbocycles. The summed E-state index contributed by atoms with van der Waals surface area (Å²) in [5.41, 5.74) is 2.34. The fourth-order valence-electron chi connectivity index (χ4n) is 3.24. The number of ether oxygens (including phenoxy) is 1. The summed E-state index contributed by atoms with van der Waals surface area (Å²) in [6.45, 7) is 11.3. The molecule has 1 aromatic heterocycles. The number of carbonyl (C=O) groups excluding carboxylic acids is 3. The Morgan fingerprint density at radius 1 is 1.17 bits per heavy atom. The third-order valence-corrected chi connectivity index (χ3v) is 4.76. The molecule has 1 aliphatic rings. The Kier molecular flexibility index (Phi) is 5.70. The lowest BCUT2D eigenvalue weighted by Crippen LogP contribution is -2.34. The summed E-state index contributed by atoms with van der Waals surface area (Å²) < 4.78 is 6.81. The second-order valence-electron chi connectivity index (χ2n) is 8.80. The molecule has 30 heavy (non-hydrogen) atoms. The Morgan fingerprint density at radius 2 is 1.80 bits per heavy atom. The SMILES string of the molecule is Cc1ccc(N(C=O)c2nn(C(=O)C(C)C)c3c2CN(C(=O)OC(C)(C)C)C3)cc1. The molecule has 0 aliphatic carbocycles. The monoisotopic (exact) mass is 412 g/mol. The van der Waals surface area contributed by atoms with E-state index in [0.717, 1.165) is 5.56 Å². The van der Waals surface area contributed by atoms with E-state index in [9.17, 15) is 14.4 Å². The number of benzene rings is 1. The lowest BCUT2D eigenvalue weighted by Gasteiger charge is -2.24.